The first-order valence-corrected chi connectivity index (χ1v) is 12.2. The van der Waals surface area contributed by atoms with E-state index in [4.69, 9.17) is 12.2 Å². The number of ketones is 2. The van der Waals surface area contributed by atoms with E-state index in [0.29, 0.717) is 17.2 Å². The normalized spacial score (nSPS) is 44.6. The first kappa shape index (κ1) is 22.2. The zero-order chi connectivity index (χ0) is 21.9. The minimum atomic E-state index is -1.44. The number of carbonyl (C=O) groups excluding carboxylic acids is 2. The van der Waals surface area contributed by atoms with Crippen LogP contribution in [0.1, 0.15) is 46.0 Å². The number of hydrogen-bond acceptors (Lipinski definition) is 6. The van der Waals surface area contributed by atoms with Crippen LogP contribution in [0.4, 0.5) is 0 Å². The summed E-state index contributed by atoms with van der Waals surface area (Å²) in [6.45, 7) is 4.13. The van der Waals surface area contributed by atoms with Gasteiger partial charge in [0.25, 0.3) is 0 Å². The SMILES string of the molecule is CNC(=S)SCC(=O)C1(O)CCC2C3CCC4=CC(=O)C=CC4(C)C3C(O)CC21C. The zero-order valence-electron chi connectivity index (χ0n) is 17.8. The molecule has 0 spiro atoms. The molecule has 7 atom stereocenters. The van der Waals surface area contributed by atoms with Crippen molar-refractivity contribution in [2.24, 2.45) is 28.6 Å². The van der Waals surface area contributed by atoms with Crippen molar-refractivity contribution in [2.75, 3.05) is 12.8 Å². The van der Waals surface area contributed by atoms with E-state index >= 15 is 0 Å². The molecule has 0 amide bonds. The number of nitrogens with one attached hydrogen (secondary N) is 1. The second-order valence-corrected chi connectivity index (χ2v) is 11.5. The van der Waals surface area contributed by atoms with Gasteiger partial charge in [-0.3, -0.25) is 9.59 Å². The molecule has 4 aliphatic carbocycles. The molecule has 3 fully saturated rings. The van der Waals surface area contributed by atoms with E-state index in [-0.39, 0.29) is 40.5 Å². The van der Waals surface area contributed by atoms with Gasteiger partial charge < -0.3 is 15.5 Å². The molecule has 4 rings (SSSR count). The Morgan fingerprint density at radius 1 is 1.37 bits per heavy atom. The monoisotopic (exact) mass is 449 g/mol. The lowest BCUT2D eigenvalue weighted by molar-refractivity contribution is -0.174. The molecular formula is C23H31NO4S2. The summed E-state index contributed by atoms with van der Waals surface area (Å²) in [4.78, 5) is 25.1. The predicted octanol–water partition coefficient (Wildman–Crippen LogP) is 2.80. The Hall–Kier alpha value is -1.02. The van der Waals surface area contributed by atoms with Gasteiger partial charge in [0.05, 0.1) is 11.9 Å². The minimum Gasteiger partial charge on any atom is -0.393 e. The van der Waals surface area contributed by atoms with Crippen molar-refractivity contribution in [3.05, 3.63) is 23.8 Å². The summed E-state index contributed by atoms with van der Waals surface area (Å²) in [6.07, 6.45) is 8.04. The van der Waals surface area contributed by atoms with Crippen LogP contribution in [-0.2, 0) is 9.59 Å². The third-order valence-corrected chi connectivity index (χ3v) is 10.1. The molecule has 0 aromatic rings. The van der Waals surface area contributed by atoms with Crippen LogP contribution >= 0.6 is 24.0 Å². The largest absolute Gasteiger partial charge is 0.393 e. The van der Waals surface area contributed by atoms with Crippen molar-refractivity contribution in [3.63, 3.8) is 0 Å². The van der Waals surface area contributed by atoms with Crippen LogP contribution in [0.15, 0.2) is 23.8 Å². The standard InChI is InChI=1S/C23H31NO4S2/c1-21-8-6-14(25)10-13(21)4-5-15-16-7-9-23(28,18(27)12-30-20(29)24-3)22(16,2)11-17(26)19(15)21/h6,8,10,15-17,19,26,28H,4-5,7,9,11-12H2,1-3H3,(H,24,29). The molecule has 0 saturated heterocycles. The van der Waals surface area contributed by atoms with E-state index in [1.54, 1.807) is 19.2 Å². The van der Waals surface area contributed by atoms with Crippen molar-refractivity contribution in [1.29, 1.82) is 0 Å². The maximum atomic E-state index is 13.1. The van der Waals surface area contributed by atoms with Crippen molar-refractivity contribution >= 4 is 39.9 Å². The molecule has 0 aromatic heterocycles. The molecule has 0 radical (unpaired) electrons. The number of thiocarbonyl (C=S) groups is 1. The number of aliphatic hydroxyl groups is 2. The van der Waals surface area contributed by atoms with Gasteiger partial charge in [-0.25, -0.2) is 0 Å². The molecule has 164 valence electrons. The third kappa shape index (κ3) is 3.07. The van der Waals surface area contributed by atoms with Gasteiger partial charge in [-0.15, -0.1) is 0 Å². The average molecular weight is 450 g/mol. The number of allylic oxidation sites excluding steroid dienone is 4. The van der Waals surface area contributed by atoms with Crippen LogP contribution < -0.4 is 5.32 Å². The van der Waals surface area contributed by atoms with Gasteiger partial charge in [0.2, 0.25) is 0 Å². The van der Waals surface area contributed by atoms with E-state index in [9.17, 15) is 19.8 Å². The van der Waals surface area contributed by atoms with E-state index in [2.05, 4.69) is 12.2 Å². The van der Waals surface area contributed by atoms with E-state index < -0.39 is 17.1 Å². The maximum Gasteiger partial charge on any atom is 0.178 e. The summed E-state index contributed by atoms with van der Waals surface area (Å²) in [5, 5.41) is 25.8. The van der Waals surface area contributed by atoms with Crippen molar-refractivity contribution in [2.45, 2.75) is 57.7 Å². The van der Waals surface area contributed by atoms with Crippen molar-refractivity contribution < 1.29 is 19.8 Å². The molecule has 0 heterocycles. The fourth-order valence-corrected chi connectivity index (χ4v) is 7.93. The maximum absolute atomic E-state index is 13.1. The summed E-state index contributed by atoms with van der Waals surface area (Å²) in [5.41, 5.74) is -1.31. The van der Waals surface area contributed by atoms with Crippen LogP contribution in [-0.4, -0.2) is 50.6 Å². The van der Waals surface area contributed by atoms with Crippen LogP contribution in [0.25, 0.3) is 0 Å². The lowest BCUT2D eigenvalue weighted by Crippen LogP contribution is -2.61. The highest BCUT2D eigenvalue weighted by molar-refractivity contribution is 8.23. The Morgan fingerprint density at radius 3 is 2.80 bits per heavy atom. The van der Waals surface area contributed by atoms with Gasteiger partial charge in [-0.1, -0.05) is 49.5 Å². The Balaban J connectivity index is 1.63. The highest BCUT2D eigenvalue weighted by atomic mass is 32.2. The number of aliphatic hydroxyl groups excluding tert-OH is 1. The molecule has 3 saturated carbocycles. The molecule has 4 aliphatic rings. The molecule has 5 nitrogen and oxygen atoms in total. The second kappa shape index (κ2) is 7.54. The van der Waals surface area contributed by atoms with Gasteiger partial charge in [-0.2, -0.15) is 0 Å². The predicted molar refractivity (Wildman–Crippen MR) is 122 cm³/mol. The lowest BCUT2D eigenvalue weighted by atomic mass is 9.46. The van der Waals surface area contributed by atoms with Crippen LogP contribution in [0.2, 0.25) is 0 Å². The van der Waals surface area contributed by atoms with Gasteiger partial charge in [0.15, 0.2) is 11.6 Å². The zero-order valence-corrected chi connectivity index (χ0v) is 19.4. The summed E-state index contributed by atoms with van der Waals surface area (Å²) < 4.78 is 0.536. The number of carbonyl (C=O) groups is 2. The summed E-state index contributed by atoms with van der Waals surface area (Å²) >= 11 is 6.39. The molecule has 0 aliphatic heterocycles. The molecule has 0 bridgehead atoms. The molecule has 7 unspecified atom stereocenters. The Bertz CT molecular complexity index is 854. The van der Waals surface area contributed by atoms with Gasteiger partial charge in [0.1, 0.15) is 9.92 Å². The fraction of sp³-hybridized carbons (Fsp3) is 0.696. The molecule has 0 aromatic carbocycles. The molecule has 30 heavy (non-hydrogen) atoms. The van der Waals surface area contributed by atoms with Gasteiger partial charge in [-0.05, 0) is 56.1 Å². The molecule has 3 N–H and O–H groups in total. The highest BCUT2D eigenvalue weighted by Crippen LogP contribution is 2.67. The van der Waals surface area contributed by atoms with E-state index in [1.165, 1.54) is 11.8 Å². The number of Topliss-reactive ketones (excluding diaryl/α,β-unsaturated/α-hetero) is 1. The van der Waals surface area contributed by atoms with E-state index in [1.807, 2.05) is 13.0 Å². The third-order valence-electron chi connectivity index (χ3n) is 8.65. The second-order valence-electron chi connectivity index (χ2n) is 9.86. The first-order valence-electron chi connectivity index (χ1n) is 10.8. The number of rotatable bonds is 3. The summed E-state index contributed by atoms with van der Waals surface area (Å²) in [7, 11) is 1.72. The van der Waals surface area contributed by atoms with Crippen LogP contribution in [0, 0.1) is 28.6 Å². The smallest absolute Gasteiger partial charge is 0.178 e. The van der Waals surface area contributed by atoms with Crippen LogP contribution in [0.5, 0.6) is 0 Å². The average Bonchev–Trinajstić information content (AvgIpc) is 2.97. The topological polar surface area (TPSA) is 86.6 Å². The summed E-state index contributed by atoms with van der Waals surface area (Å²) in [6, 6.07) is 0. The minimum absolute atomic E-state index is 0.00335. The van der Waals surface area contributed by atoms with E-state index in [0.717, 1.165) is 24.8 Å². The van der Waals surface area contributed by atoms with Gasteiger partial charge in [0, 0.05) is 23.8 Å². The fourth-order valence-electron chi connectivity index (χ4n) is 7.11. The lowest BCUT2D eigenvalue weighted by Gasteiger charge is -2.59. The first-order chi connectivity index (χ1) is 14.1. The summed E-state index contributed by atoms with van der Waals surface area (Å²) in [5.74, 6) is 0.360. The Kier molecular flexibility index (Phi) is 5.57. The van der Waals surface area contributed by atoms with Crippen molar-refractivity contribution in [1.82, 2.24) is 5.32 Å². The quantitative estimate of drug-likeness (QED) is 0.571. The Labute approximate surface area is 187 Å². The molecular weight excluding hydrogens is 418 g/mol. The van der Waals surface area contributed by atoms with Crippen LogP contribution in [0.3, 0.4) is 0 Å². The highest BCUT2D eigenvalue weighted by Gasteiger charge is 2.67. The Morgan fingerprint density at radius 2 is 2.10 bits per heavy atom. The van der Waals surface area contributed by atoms with Crippen molar-refractivity contribution in [3.8, 4) is 0 Å². The number of fused-ring (bicyclic) bond motifs is 5. The number of hydrogen-bond donors (Lipinski definition) is 3. The van der Waals surface area contributed by atoms with Gasteiger partial charge >= 0.3 is 0 Å². The number of thioether (sulfide) groups is 1. The molecule has 7 heteroatoms.